The van der Waals surface area contributed by atoms with Crippen LogP contribution in [0.3, 0.4) is 0 Å². The van der Waals surface area contributed by atoms with Crippen molar-refractivity contribution in [2.45, 2.75) is 12.5 Å². The quantitative estimate of drug-likeness (QED) is 0.656. The van der Waals surface area contributed by atoms with Crippen molar-refractivity contribution in [3.63, 3.8) is 0 Å². The molecule has 2 heterocycles. The Morgan fingerprint density at radius 1 is 1.33 bits per heavy atom. The van der Waals surface area contributed by atoms with Gasteiger partial charge >= 0.3 is 0 Å². The molecule has 0 saturated heterocycles. The SMILES string of the molecule is CC(O)(CNc1ncnc(-n2cccn2)c1N)c1cccc(Cl)c1. The molecule has 0 fully saturated rings. The second kappa shape index (κ2) is 6.46. The van der Waals surface area contributed by atoms with Gasteiger partial charge in [0, 0.05) is 24.0 Å². The molecule has 4 N–H and O–H groups in total. The summed E-state index contributed by atoms with van der Waals surface area (Å²) in [7, 11) is 0. The molecule has 2 aromatic heterocycles. The number of nitrogens with two attached hydrogens (primary N) is 1. The lowest BCUT2D eigenvalue weighted by atomic mass is 9.96. The average Bonchev–Trinajstić information content (AvgIpc) is 3.08. The predicted octanol–water partition coefficient (Wildman–Crippen LogP) is 2.22. The van der Waals surface area contributed by atoms with Crippen LogP contribution in [-0.2, 0) is 5.60 Å². The Balaban J connectivity index is 1.81. The van der Waals surface area contributed by atoms with Gasteiger partial charge in [0.05, 0.1) is 0 Å². The van der Waals surface area contributed by atoms with Crippen LogP contribution >= 0.6 is 11.6 Å². The maximum atomic E-state index is 10.7. The molecule has 24 heavy (non-hydrogen) atoms. The van der Waals surface area contributed by atoms with Crippen LogP contribution in [0.15, 0.2) is 49.1 Å². The van der Waals surface area contributed by atoms with E-state index < -0.39 is 5.60 Å². The van der Waals surface area contributed by atoms with Gasteiger partial charge in [-0.1, -0.05) is 23.7 Å². The summed E-state index contributed by atoms with van der Waals surface area (Å²) in [4.78, 5) is 8.28. The van der Waals surface area contributed by atoms with Crippen LogP contribution in [0.1, 0.15) is 12.5 Å². The van der Waals surface area contributed by atoms with E-state index in [2.05, 4.69) is 20.4 Å². The van der Waals surface area contributed by atoms with Crippen LogP contribution in [0.5, 0.6) is 0 Å². The summed E-state index contributed by atoms with van der Waals surface area (Å²) in [5, 5.41) is 18.4. The Morgan fingerprint density at radius 3 is 2.88 bits per heavy atom. The highest BCUT2D eigenvalue weighted by molar-refractivity contribution is 6.30. The van der Waals surface area contributed by atoms with Gasteiger partial charge in [-0.15, -0.1) is 0 Å². The zero-order valence-electron chi connectivity index (χ0n) is 13.0. The van der Waals surface area contributed by atoms with Crippen molar-refractivity contribution in [3.8, 4) is 5.82 Å². The monoisotopic (exact) mass is 344 g/mol. The second-order valence-electron chi connectivity index (χ2n) is 5.55. The lowest BCUT2D eigenvalue weighted by molar-refractivity contribution is 0.0715. The van der Waals surface area contributed by atoms with E-state index in [1.807, 2.05) is 6.07 Å². The minimum atomic E-state index is -1.14. The first-order chi connectivity index (χ1) is 11.5. The smallest absolute Gasteiger partial charge is 0.181 e. The number of nitrogens with one attached hydrogen (secondary N) is 1. The number of nitrogens with zero attached hydrogens (tertiary/aromatic N) is 4. The van der Waals surface area contributed by atoms with Gasteiger partial charge in [-0.25, -0.2) is 14.6 Å². The maximum Gasteiger partial charge on any atom is 0.181 e. The summed E-state index contributed by atoms with van der Waals surface area (Å²) in [5.74, 6) is 0.901. The molecule has 0 bridgehead atoms. The van der Waals surface area contributed by atoms with Gasteiger partial charge in [-0.2, -0.15) is 5.10 Å². The van der Waals surface area contributed by atoms with E-state index in [9.17, 15) is 5.11 Å². The molecule has 0 spiro atoms. The number of benzene rings is 1. The van der Waals surface area contributed by atoms with Gasteiger partial charge in [0.15, 0.2) is 11.6 Å². The fourth-order valence-electron chi connectivity index (χ4n) is 2.29. The molecule has 1 unspecified atom stereocenters. The van der Waals surface area contributed by atoms with Crippen LogP contribution in [-0.4, -0.2) is 31.4 Å². The van der Waals surface area contributed by atoms with Crippen molar-refractivity contribution in [1.29, 1.82) is 0 Å². The van der Waals surface area contributed by atoms with Crippen LogP contribution in [0.2, 0.25) is 5.02 Å². The average molecular weight is 345 g/mol. The number of halogens is 1. The molecular weight excluding hydrogens is 328 g/mol. The van der Waals surface area contributed by atoms with Crippen LogP contribution < -0.4 is 11.1 Å². The minimum Gasteiger partial charge on any atom is -0.393 e. The van der Waals surface area contributed by atoms with E-state index in [0.717, 1.165) is 0 Å². The highest BCUT2D eigenvalue weighted by Gasteiger charge is 2.24. The van der Waals surface area contributed by atoms with E-state index in [0.29, 0.717) is 27.9 Å². The fraction of sp³-hybridized carbons (Fsp3) is 0.188. The number of aromatic nitrogens is 4. The highest BCUT2D eigenvalue weighted by Crippen LogP contribution is 2.26. The predicted molar refractivity (Wildman–Crippen MR) is 93.1 cm³/mol. The van der Waals surface area contributed by atoms with Gasteiger partial charge in [0.25, 0.3) is 0 Å². The molecule has 0 aliphatic heterocycles. The summed E-state index contributed by atoms with van der Waals surface area (Å²) < 4.78 is 1.55. The summed E-state index contributed by atoms with van der Waals surface area (Å²) in [6.07, 6.45) is 4.77. The van der Waals surface area contributed by atoms with Gasteiger partial charge in [-0.3, -0.25) is 0 Å². The first-order valence-corrected chi connectivity index (χ1v) is 7.68. The minimum absolute atomic E-state index is 0.201. The van der Waals surface area contributed by atoms with E-state index in [1.54, 1.807) is 48.3 Å². The van der Waals surface area contributed by atoms with E-state index in [4.69, 9.17) is 17.3 Å². The topological polar surface area (TPSA) is 102 Å². The normalized spacial score (nSPS) is 13.5. The first-order valence-electron chi connectivity index (χ1n) is 7.30. The molecule has 1 atom stereocenters. The largest absolute Gasteiger partial charge is 0.393 e. The van der Waals surface area contributed by atoms with Gasteiger partial charge in [0.2, 0.25) is 0 Å². The summed E-state index contributed by atoms with van der Waals surface area (Å²) >= 11 is 5.99. The number of rotatable bonds is 5. The Kier molecular flexibility index (Phi) is 4.37. The number of nitrogen functional groups attached to an aromatic ring is 1. The molecule has 3 rings (SSSR count). The zero-order valence-corrected chi connectivity index (χ0v) is 13.8. The van der Waals surface area contributed by atoms with E-state index >= 15 is 0 Å². The fourth-order valence-corrected chi connectivity index (χ4v) is 2.48. The van der Waals surface area contributed by atoms with Crippen molar-refractivity contribution in [2.24, 2.45) is 0 Å². The molecule has 0 saturated carbocycles. The number of anilines is 2. The molecule has 0 amide bonds. The molecule has 1 aromatic carbocycles. The molecule has 3 aromatic rings. The summed E-state index contributed by atoms with van der Waals surface area (Å²) in [5.41, 5.74) is 6.02. The number of hydrogen-bond acceptors (Lipinski definition) is 6. The summed E-state index contributed by atoms with van der Waals surface area (Å²) in [6, 6.07) is 8.86. The van der Waals surface area contributed by atoms with Crippen LogP contribution in [0.4, 0.5) is 11.5 Å². The highest BCUT2D eigenvalue weighted by atomic mass is 35.5. The number of aliphatic hydroxyl groups is 1. The third-order valence-corrected chi connectivity index (χ3v) is 3.87. The molecule has 7 nitrogen and oxygen atoms in total. The Labute approximate surface area is 144 Å². The maximum absolute atomic E-state index is 10.7. The zero-order chi connectivity index (χ0) is 17.2. The molecule has 8 heteroatoms. The van der Waals surface area contributed by atoms with Gasteiger partial charge in [-0.05, 0) is 30.7 Å². The van der Waals surface area contributed by atoms with Crippen LogP contribution in [0, 0.1) is 0 Å². The second-order valence-corrected chi connectivity index (χ2v) is 5.98. The summed E-state index contributed by atoms with van der Waals surface area (Å²) in [6.45, 7) is 1.89. The lowest BCUT2D eigenvalue weighted by Crippen LogP contribution is -2.31. The lowest BCUT2D eigenvalue weighted by Gasteiger charge is -2.25. The van der Waals surface area contributed by atoms with Crippen molar-refractivity contribution >= 4 is 23.1 Å². The van der Waals surface area contributed by atoms with Crippen molar-refractivity contribution in [2.75, 3.05) is 17.6 Å². The Hall–Kier alpha value is -2.64. The van der Waals surface area contributed by atoms with E-state index in [-0.39, 0.29) is 6.54 Å². The van der Waals surface area contributed by atoms with Gasteiger partial charge in [0.1, 0.15) is 17.6 Å². The van der Waals surface area contributed by atoms with Gasteiger partial charge < -0.3 is 16.2 Å². The van der Waals surface area contributed by atoms with Crippen LogP contribution in [0.25, 0.3) is 5.82 Å². The molecule has 0 aliphatic rings. The Bertz CT molecular complexity index is 834. The third kappa shape index (κ3) is 3.32. The molecule has 124 valence electrons. The van der Waals surface area contributed by atoms with Crippen molar-refractivity contribution in [3.05, 3.63) is 59.6 Å². The standard InChI is InChI=1S/C16H17ClN6O/c1-16(24,11-4-2-5-12(17)8-11)9-19-14-13(18)15(21-10-20-14)23-7-3-6-22-23/h2-8,10,24H,9,18H2,1H3,(H,19,20,21). The first kappa shape index (κ1) is 16.2. The van der Waals surface area contributed by atoms with Crippen molar-refractivity contribution in [1.82, 2.24) is 19.7 Å². The molecular formula is C16H17ClN6O. The van der Waals surface area contributed by atoms with E-state index in [1.165, 1.54) is 6.33 Å². The molecule has 0 aliphatic carbocycles. The molecule has 0 radical (unpaired) electrons. The number of hydrogen-bond donors (Lipinski definition) is 3. The van der Waals surface area contributed by atoms with Crippen molar-refractivity contribution < 1.29 is 5.11 Å². The third-order valence-electron chi connectivity index (χ3n) is 3.63. The Morgan fingerprint density at radius 2 is 2.17 bits per heavy atom.